The molecule has 8 heteroatoms. The van der Waals surface area contributed by atoms with Crippen molar-refractivity contribution in [3.63, 3.8) is 0 Å². The van der Waals surface area contributed by atoms with Crippen LogP contribution in [0.1, 0.15) is 24.0 Å². The molecule has 0 saturated carbocycles. The largest absolute Gasteiger partial charge is 0.508 e. The fourth-order valence-electron chi connectivity index (χ4n) is 4.07. The molecule has 0 fully saturated rings. The number of hydrogen-bond donors (Lipinski definition) is 5. The zero-order valence-corrected chi connectivity index (χ0v) is 20.0. The van der Waals surface area contributed by atoms with Crippen molar-refractivity contribution in [1.29, 1.82) is 0 Å². The van der Waals surface area contributed by atoms with E-state index in [4.69, 9.17) is 9.72 Å². The number of aromatic nitrogens is 3. The number of H-pyrrole nitrogens is 1. The molecule has 0 radical (unpaired) electrons. The topological polar surface area (TPSA) is 115 Å². The lowest BCUT2D eigenvalue weighted by Crippen LogP contribution is -2.27. The Labute approximate surface area is 208 Å². The van der Waals surface area contributed by atoms with Crippen LogP contribution in [0.2, 0.25) is 0 Å². The molecule has 182 valence electrons. The number of fused-ring (bicyclic) bond motifs is 1. The van der Waals surface area contributed by atoms with Crippen LogP contribution in [-0.2, 0) is 12.1 Å². The summed E-state index contributed by atoms with van der Waals surface area (Å²) in [5.41, 5.74) is 2.24. The molecule has 0 saturated heterocycles. The van der Waals surface area contributed by atoms with Gasteiger partial charge in [0.15, 0.2) is 11.4 Å². The van der Waals surface area contributed by atoms with Gasteiger partial charge in [-0.1, -0.05) is 30.3 Å². The van der Waals surface area contributed by atoms with Gasteiger partial charge >= 0.3 is 0 Å². The molecule has 5 rings (SSSR count). The number of nitrogens with zero attached hydrogens (tertiary/aromatic N) is 2. The smallest absolute Gasteiger partial charge is 0.168 e. The molecule has 0 aliphatic heterocycles. The van der Waals surface area contributed by atoms with Gasteiger partial charge in [0.2, 0.25) is 0 Å². The Balaban J connectivity index is 1.42. The van der Waals surface area contributed by atoms with Gasteiger partial charge in [-0.3, -0.25) is 0 Å². The number of phenols is 1. The lowest BCUT2D eigenvalue weighted by Gasteiger charge is -2.23. The maximum Gasteiger partial charge on any atom is 0.168 e. The second-order valence-electron chi connectivity index (χ2n) is 8.59. The summed E-state index contributed by atoms with van der Waals surface area (Å²) < 4.78 is 5.39. The lowest BCUT2D eigenvalue weighted by atomic mass is 10.0. The average molecular weight is 482 g/mol. The van der Waals surface area contributed by atoms with Crippen LogP contribution in [0.4, 0.5) is 17.2 Å². The van der Waals surface area contributed by atoms with E-state index < -0.39 is 5.60 Å². The first-order valence-corrected chi connectivity index (χ1v) is 11.5. The number of methoxy groups -OCH3 is 1. The number of nitrogens with one attached hydrogen (secondary N) is 3. The van der Waals surface area contributed by atoms with Crippen molar-refractivity contribution in [2.75, 3.05) is 17.7 Å². The summed E-state index contributed by atoms with van der Waals surface area (Å²) in [5, 5.41) is 28.9. The minimum absolute atomic E-state index is 0.241. The molecule has 1 atom stereocenters. The minimum Gasteiger partial charge on any atom is -0.508 e. The Bertz CT molecular complexity index is 1500. The predicted molar refractivity (Wildman–Crippen MR) is 141 cm³/mol. The van der Waals surface area contributed by atoms with Crippen LogP contribution in [0.15, 0.2) is 85.1 Å². The molecule has 2 aromatic heterocycles. The van der Waals surface area contributed by atoms with E-state index in [2.05, 4.69) is 20.6 Å². The van der Waals surface area contributed by atoms with Crippen molar-refractivity contribution in [3.8, 4) is 11.5 Å². The Morgan fingerprint density at radius 1 is 0.917 bits per heavy atom. The molecule has 8 nitrogen and oxygen atoms in total. The summed E-state index contributed by atoms with van der Waals surface area (Å²) in [5.74, 6) is 1.61. The van der Waals surface area contributed by atoms with Crippen LogP contribution >= 0.6 is 0 Å². The van der Waals surface area contributed by atoms with Gasteiger partial charge < -0.3 is 30.6 Å². The molecule has 0 spiro atoms. The Kier molecular flexibility index (Phi) is 6.18. The van der Waals surface area contributed by atoms with Gasteiger partial charge in [0, 0.05) is 35.1 Å². The number of aliphatic hydroxyl groups is 1. The summed E-state index contributed by atoms with van der Waals surface area (Å²) in [7, 11) is 1.55. The van der Waals surface area contributed by atoms with Crippen molar-refractivity contribution in [1.82, 2.24) is 15.0 Å². The number of ether oxygens (including phenoxy) is 1. The number of hydrogen-bond acceptors (Lipinski definition) is 7. The van der Waals surface area contributed by atoms with Gasteiger partial charge in [0.25, 0.3) is 0 Å². The number of rotatable bonds is 8. The van der Waals surface area contributed by atoms with Crippen molar-refractivity contribution in [2.45, 2.75) is 19.1 Å². The normalized spacial score (nSPS) is 12.8. The van der Waals surface area contributed by atoms with E-state index in [1.54, 1.807) is 38.4 Å². The zero-order chi connectivity index (χ0) is 25.1. The molecule has 0 aliphatic carbocycles. The van der Waals surface area contributed by atoms with Gasteiger partial charge in [-0.05, 0) is 55.5 Å². The molecule has 36 heavy (non-hydrogen) atoms. The van der Waals surface area contributed by atoms with Crippen LogP contribution in [0.5, 0.6) is 11.5 Å². The Morgan fingerprint density at radius 2 is 1.64 bits per heavy atom. The third-order valence-corrected chi connectivity index (χ3v) is 6.08. The van der Waals surface area contributed by atoms with Crippen LogP contribution in [0, 0.1) is 0 Å². The zero-order valence-electron chi connectivity index (χ0n) is 20.0. The van der Waals surface area contributed by atoms with Crippen molar-refractivity contribution in [2.24, 2.45) is 0 Å². The van der Waals surface area contributed by atoms with Crippen LogP contribution in [-0.4, -0.2) is 32.3 Å². The first-order valence-electron chi connectivity index (χ1n) is 11.5. The highest BCUT2D eigenvalue weighted by Crippen LogP contribution is 2.35. The number of aromatic amines is 1. The van der Waals surface area contributed by atoms with E-state index in [1.165, 1.54) is 0 Å². The van der Waals surface area contributed by atoms with Gasteiger partial charge in [-0.25, -0.2) is 9.97 Å². The quantitative estimate of drug-likeness (QED) is 0.205. The molecular formula is C28H27N5O3. The second-order valence-corrected chi connectivity index (χ2v) is 8.59. The highest BCUT2D eigenvalue weighted by atomic mass is 16.5. The minimum atomic E-state index is -1.51. The first kappa shape index (κ1) is 23.2. The van der Waals surface area contributed by atoms with Crippen molar-refractivity contribution < 1.29 is 14.9 Å². The SMILES string of the molecule is COc1cc[nH]c1C(C)(O)c1nc(Nc2ccc(NCc3ccccc3O)cc2)c2ccccc2n1. The van der Waals surface area contributed by atoms with Crippen LogP contribution in [0.3, 0.4) is 0 Å². The third-order valence-electron chi connectivity index (χ3n) is 6.08. The molecule has 5 N–H and O–H groups in total. The molecular weight excluding hydrogens is 454 g/mol. The molecule has 0 bridgehead atoms. The molecule has 2 heterocycles. The molecule has 0 amide bonds. The monoisotopic (exact) mass is 481 g/mol. The molecule has 1 unspecified atom stereocenters. The third kappa shape index (κ3) is 4.54. The maximum absolute atomic E-state index is 11.4. The van der Waals surface area contributed by atoms with E-state index in [0.29, 0.717) is 29.3 Å². The number of phenolic OH excluding ortho intramolecular Hbond substituents is 1. The summed E-state index contributed by atoms with van der Waals surface area (Å²) in [4.78, 5) is 12.4. The van der Waals surface area contributed by atoms with Crippen LogP contribution in [0.25, 0.3) is 10.9 Å². The van der Waals surface area contributed by atoms with Gasteiger partial charge in [-0.15, -0.1) is 0 Å². The number of aromatic hydroxyl groups is 1. The Hall–Kier alpha value is -4.56. The number of benzene rings is 3. The van der Waals surface area contributed by atoms with Crippen LogP contribution < -0.4 is 15.4 Å². The van der Waals surface area contributed by atoms with Gasteiger partial charge in [0.05, 0.1) is 18.3 Å². The van der Waals surface area contributed by atoms with Crippen molar-refractivity contribution >= 4 is 28.1 Å². The molecule has 0 aliphatic rings. The van der Waals surface area contributed by atoms with Crippen molar-refractivity contribution in [3.05, 3.63) is 102 Å². The van der Waals surface area contributed by atoms with Gasteiger partial charge in [0.1, 0.15) is 17.3 Å². The van der Waals surface area contributed by atoms with E-state index in [9.17, 15) is 10.2 Å². The summed E-state index contributed by atoms with van der Waals surface area (Å²) in [6.45, 7) is 2.15. The molecule has 3 aromatic carbocycles. The summed E-state index contributed by atoms with van der Waals surface area (Å²) >= 11 is 0. The van der Waals surface area contributed by atoms with E-state index in [-0.39, 0.29) is 11.6 Å². The van der Waals surface area contributed by atoms with E-state index >= 15 is 0 Å². The fraction of sp³-hybridized carbons (Fsp3) is 0.143. The highest BCUT2D eigenvalue weighted by Gasteiger charge is 2.34. The number of para-hydroxylation sites is 2. The standard InChI is InChI=1S/C28H27N5O3/c1-28(35,25-24(36-2)15-16-29-25)27-32-22-9-5-4-8-21(22)26(33-27)31-20-13-11-19(12-14-20)30-17-18-7-3-6-10-23(18)34/h3-16,29-30,34-35H,17H2,1-2H3,(H,31,32,33). The number of anilines is 3. The fourth-order valence-corrected chi connectivity index (χ4v) is 4.07. The van der Waals surface area contributed by atoms with E-state index in [1.807, 2.05) is 60.7 Å². The average Bonchev–Trinajstić information content (AvgIpc) is 3.39. The van der Waals surface area contributed by atoms with E-state index in [0.717, 1.165) is 22.3 Å². The lowest BCUT2D eigenvalue weighted by molar-refractivity contribution is 0.0855. The second kappa shape index (κ2) is 9.59. The van der Waals surface area contributed by atoms with Gasteiger partial charge in [-0.2, -0.15) is 0 Å². The summed E-state index contributed by atoms with van der Waals surface area (Å²) in [6.07, 6.45) is 1.71. The summed E-state index contributed by atoms with van der Waals surface area (Å²) in [6, 6.07) is 24.4. The predicted octanol–water partition coefficient (Wildman–Crippen LogP) is 5.28. The highest BCUT2D eigenvalue weighted by molar-refractivity contribution is 5.91. The Morgan fingerprint density at radius 3 is 2.42 bits per heavy atom. The first-order chi connectivity index (χ1) is 17.5. The maximum atomic E-state index is 11.4. The molecule has 5 aromatic rings.